The molecule has 0 radical (unpaired) electrons. The molecule has 2 nitrogen and oxygen atoms in total. The van der Waals surface area contributed by atoms with Gasteiger partial charge >= 0.3 is 0 Å². The zero-order valence-corrected chi connectivity index (χ0v) is 9.31. The number of amides is 1. The van der Waals surface area contributed by atoms with Crippen LogP contribution < -0.4 is 5.32 Å². The maximum Gasteiger partial charge on any atom is 0.223 e. The number of carbonyl (C=O) groups is 1. The Kier molecular flexibility index (Phi) is 8.02. The third kappa shape index (κ3) is 5.64. The van der Waals surface area contributed by atoms with Gasteiger partial charge in [-0.25, -0.2) is 0 Å². The first-order valence-corrected chi connectivity index (χ1v) is 5.47. The molecule has 0 atom stereocenters. The van der Waals surface area contributed by atoms with Crippen LogP contribution in [0.3, 0.4) is 0 Å². The lowest BCUT2D eigenvalue weighted by Gasteiger charge is -2.12. The van der Waals surface area contributed by atoms with Crippen LogP contribution >= 0.6 is 0 Å². The van der Waals surface area contributed by atoms with Crippen molar-refractivity contribution in [2.45, 2.75) is 46.0 Å². The Bertz CT molecular complexity index is 189. The van der Waals surface area contributed by atoms with E-state index in [2.05, 4.69) is 11.2 Å². The van der Waals surface area contributed by atoms with Crippen molar-refractivity contribution in [1.29, 1.82) is 0 Å². The lowest BCUT2D eigenvalue weighted by Crippen LogP contribution is -2.30. The monoisotopic (exact) mass is 195 g/mol. The van der Waals surface area contributed by atoms with E-state index >= 15 is 0 Å². The number of unbranched alkanes of at least 4 members (excludes halogenated alkanes) is 2. The first-order chi connectivity index (χ1) is 6.76. The van der Waals surface area contributed by atoms with Gasteiger partial charge in [-0.2, -0.15) is 0 Å². The molecule has 0 rings (SSSR count). The third-order valence-electron chi connectivity index (χ3n) is 2.40. The summed E-state index contributed by atoms with van der Waals surface area (Å²) in [5.41, 5.74) is 0. The van der Waals surface area contributed by atoms with E-state index < -0.39 is 0 Å². The van der Waals surface area contributed by atoms with Crippen LogP contribution in [-0.2, 0) is 4.79 Å². The van der Waals surface area contributed by atoms with Crippen molar-refractivity contribution >= 4 is 5.91 Å². The van der Waals surface area contributed by atoms with Gasteiger partial charge in [-0.1, -0.05) is 13.8 Å². The molecule has 0 heterocycles. The van der Waals surface area contributed by atoms with E-state index in [1.54, 1.807) is 0 Å². The van der Waals surface area contributed by atoms with E-state index in [1.165, 1.54) is 0 Å². The Balaban J connectivity index is 3.48. The Labute approximate surface area is 87.5 Å². The fourth-order valence-electron chi connectivity index (χ4n) is 1.37. The van der Waals surface area contributed by atoms with Gasteiger partial charge in [0.2, 0.25) is 5.91 Å². The summed E-state index contributed by atoms with van der Waals surface area (Å²) in [4.78, 5) is 11.5. The molecule has 1 amide bonds. The van der Waals surface area contributed by atoms with Gasteiger partial charge in [-0.15, -0.1) is 12.3 Å². The van der Waals surface area contributed by atoms with Crippen molar-refractivity contribution in [3.63, 3.8) is 0 Å². The van der Waals surface area contributed by atoms with Gasteiger partial charge in [0.1, 0.15) is 0 Å². The molecule has 0 unspecified atom stereocenters. The van der Waals surface area contributed by atoms with Crippen LogP contribution in [0.4, 0.5) is 0 Å². The maximum absolute atomic E-state index is 11.5. The predicted octanol–water partition coefficient (Wildman–Crippen LogP) is 2.34. The summed E-state index contributed by atoms with van der Waals surface area (Å²) >= 11 is 0. The molecule has 0 bridgehead atoms. The van der Waals surface area contributed by atoms with Crippen LogP contribution in [0.1, 0.15) is 46.0 Å². The van der Waals surface area contributed by atoms with E-state index in [-0.39, 0.29) is 11.8 Å². The van der Waals surface area contributed by atoms with Gasteiger partial charge in [0.15, 0.2) is 0 Å². The smallest absolute Gasteiger partial charge is 0.223 e. The minimum absolute atomic E-state index is 0.183. The molecule has 0 aliphatic rings. The standard InChI is InChI=1S/C12H21NO/c1-4-7-8-9-10-13-12(14)11(5-2)6-3/h1,11H,5-10H2,2-3H3,(H,13,14). The fourth-order valence-corrected chi connectivity index (χ4v) is 1.37. The van der Waals surface area contributed by atoms with Crippen LogP contribution in [0.25, 0.3) is 0 Å². The highest BCUT2D eigenvalue weighted by molar-refractivity contribution is 5.78. The normalized spacial score (nSPS) is 9.86. The van der Waals surface area contributed by atoms with Gasteiger partial charge in [0.25, 0.3) is 0 Å². The second-order valence-electron chi connectivity index (χ2n) is 3.47. The second-order valence-corrected chi connectivity index (χ2v) is 3.47. The number of rotatable bonds is 7. The van der Waals surface area contributed by atoms with Crippen molar-refractivity contribution in [3.8, 4) is 12.3 Å². The number of terminal acetylenes is 1. The molecule has 0 spiro atoms. The molecule has 1 N–H and O–H groups in total. The van der Waals surface area contributed by atoms with E-state index in [1.807, 2.05) is 13.8 Å². The average Bonchev–Trinajstić information content (AvgIpc) is 2.19. The summed E-state index contributed by atoms with van der Waals surface area (Å²) in [6.07, 6.45) is 9.76. The number of hydrogen-bond donors (Lipinski definition) is 1. The van der Waals surface area contributed by atoms with Gasteiger partial charge < -0.3 is 5.32 Å². The Hall–Kier alpha value is -0.970. The minimum Gasteiger partial charge on any atom is -0.356 e. The van der Waals surface area contributed by atoms with Crippen LogP contribution in [0, 0.1) is 18.3 Å². The highest BCUT2D eigenvalue weighted by Crippen LogP contribution is 2.06. The van der Waals surface area contributed by atoms with Gasteiger partial charge in [-0.3, -0.25) is 4.79 Å². The largest absolute Gasteiger partial charge is 0.356 e. The summed E-state index contributed by atoms with van der Waals surface area (Å²) in [5.74, 6) is 2.96. The zero-order chi connectivity index (χ0) is 10.8. The van der Waals surface area contributed by atoms with Crippen molar-refractivity contribution in [2.75, 3.05) is 6.54 Å². The van der Waals surface area contributed by atoms with Crippen molar-refractivity contribution < 1.29 is 4.79 Å². The topological polar surface area (TPSA) is 29.1 Å². The molecule has 0 aromatic heterocycles. The Morgan fingerprint density at radius 2 is 2.00 bits per heavy atom. The van der Waals surface area contributed by atoms with Crippen LogP contribution in [0.15, 0.2) is 0 Å². The molecular weight excluding hydrogens is 174 g/mol. The average molecular weight is 195 g/mol. The molecule has 0 fully saturated rings. The zero-order valence-electron chi connectivity index (χ0n) is 9.31. The van der Waals surface area contributed by atoms with Crippen molar-refractivity contribution in [1.82, 2.24) is 5.32 Å². The molecule has 2 heteroatoms. The van der Waals surface area contributed by atoms with Crippen molar-refractivity contribution in [3.05, 3.63) is 0 Å². The molecule has 14 heavy (non-hydrogen) atoms. The molecular formula is C12H21NO. The summed E-state index contributed by atoms with van der Waals surface area (Å²) in [6, 6.07) is 0. The number of nitrogens with one attached hydrogen (secondary N) is 1. The fraction of sp³-hybridized carbons (Fsp3) is 0.750. The van der Waals surface area contributed by atoms with Crippen LogP contribution in [-0.4, -0.2) is 12.5 Å². The van der Waals surface area contributed by atoms with Gasteiger partial charge in [0.05, 0.1) is 0 Å². The highest BCUT2D eigenvalue weighted by Gasteiger charge is 2.12. The van der Waals surface area contributed by atoms with Crippen molar-refractivity contribution in [2.24, 2.45) is 5.92 Å². The first-order valence-electron chi connectivity index (χ1n) is 5.47. The third-order valence-corrected chi connectivity index (χ3v) is 2.40. The molecule has 0 aliphatic carbocycles. The quantitative estimate of drug-likeness (QED) is 0.490. The highest BCUT2D eigenvalue weighted by atomic mass is 16.1. The van der Waals surface area contributed by atoms with Gasteiger partial charge in [0, 0.05) is 18.9 Å². The van der Waals surface area contributed by atoms with E-state index in [4.69, 9.17) is 6.42 Å². The predicted molar refractivity (Wildman–Crippen MR) is 59.8 cm³/mol. The molecule has 0 aromatic carbocycles. The summed E-state index contributed by atoms with van der Waals surface area (Å²) in [6.45, 7) is 4.86. The second kappa shape index (κ2) is 8.62. The molecule has 80 valence electrons. The van der Waals surface area contributed by atoms with Crippen LogP contribution in [0.5, 0.6) is 0 Å². The molecule has 0 saturated carbocycles. The maximum atomic E-state index is 11.5. The number of hydrogen-bond acceptors (Lipinski definition) is 1. The Morgan fingerprint density at radius 3 is 2.50 bits per heavy atom. The lowest BCUT2D eigenvalue weighted by molar-refractivity contribution is -0.125. The van der Waals surface area contributed by atoms with Gasteiger partial charge in [-0.05, 0) is 25.7 Å². The lowest BCUT2D eigenvalue weighted by atomic mass is 10.0. The van der Waals surface area contributed by atoms with E-state index in [0.717, 1.165) is 38.6 Å². The SMILES string of the molecule is C#CCCCCNC(=O)C(CC)CC. The molecule has 0 aromatic rings. The van der Waals surface area contributed by atoms with E-state index in [9.17, 15) is 4.79 Å². The van der Waals surface area contributed by atoms with Crippen LogP contribution in [0.2, 0.25) is 0 Å². The summed E-state index contributed by atoms with van der Waals surface area (Å²) in [7, 11) is 0. The molecule has 0 saturated heterocycles. The van der Waals surface area contributed by atoms with E-state index in [0.29, 0.717) is 0 Å². The molecule has 0 aliphatic heterocycles. The summed E-state index contributed by atoms with van der Waals surface area (Å²) in [5, 5.41) is 2.94. The number of carbonyl (C=O) groups excluding carboxylic acids is 1. The Morgan fingerprint density at radius 1 is 1.36 bits per heavy atom. The minimum atomic E-state index is 0.183. The summed E-state index contributed by atoms with van der Waals surface area (Å²) < 4.78 is 0. The first kappa shape index (κ1) is 13.0.